The molecule has 0 spiro atoms. The minimum absolute atomic E-state index is 0.0734. The van der Waals surface area contributed by atoms with Crippen molar-refractivity contribution in [2.24, 2.45) is 11.5 Å². The number of rotatable bonds is 16. The van der Waals surface area contributed by atoms with Gasteiger partial charge in [0.15, 0.2) is 0 Å². The number of primary amides is 1. The summed E-state index contributed by atoms with van der Waals surface area (Å²) in [5.41, 5.74) is 11.3. The summed E-state index contributed by atoms with van der Waals surface area (Å²) in [6.07, 6.45) is -2.87. The van der Waals surface area contributed by atoms with Gasteiger partial charge >= 0.3 is 11.9 Å². The zero-order valence-electron chi connectivity index (χ0n) is 20.3. The summed E-state index contributed by atoms with van der Waals surface area (Å²) in [6, 6.07) is 2.76. The molecule has 5 atom stereocenters. The maximum Gasteiger partial charge on any atom is 0.326 e. The molecule has 0 saturated heterocycles. The Balaban J connectivity index is 3.07. The Morgan fingerprint density at radius 1 is 0.811 bits per heavy atom. The number of hydrogen-bond donors (Lipinski definition) is 8. The van der Waals surface area contributed by atoms with E-state index in [1.807, 2.05) is 0 Å². The van der Waals surface area contributed by atoms with Gasteiger partial charge in [0.25, 0.3) is 0 Å². The van der Waals surface area contributed by atoms with Crippen LogP contribution in [0.3, 0.4) is 0 Å². The van der Waals surface area contributed by atoms with Gasteiger partial charge in [-0.15, -0.1) is 0 Å². The van der Waals surface area contributed by atoms with E-state index in [4.69, 9.17) is 16.6 Å². The van der Waals surface area contributed by atoms with Crippen molar-refractivity contribution >= 4 is 35.6 Å². The van der Waals surface area contributed by atoms with Gasteiger partial charge in [-0.05, 0) is 25.3 Å². The van der Waals surface area contributed by atoms with Crippen LogP contribution in [0.5, 0.6) is 0 Å². The Morgan fingerprint density at radius 3 is 1.76 bits per heavy atom. The second-order valence-corrected chi connectivity index (χ2v) is 8.42. The Kier molecular flexibility index (Phi) is 12.7. The summed E-state index contributed by atoms with van der Waals surface area (Å²) < 4.78 is 0. The van der Waals surface area contributed by atoms with Crippen LogP contribution in [0.2, 0.25) is 0 Å². The standard InChI is InChI=1S/C23H33N5O9/c1-12(29)19(25)22(35)27-14(7-9-17(24)30)20(33)26-15(8-10-18(31)32)21(34)28-16(23(36)37)11-13-5-3-2-4-6-13/h2-6,12,14-16,19,29H,7-11,25H2,1H3,(H2,24,30)(H,26,33)(H,27,35)(H,28,34)(H,31,32)(H,36,37). The van der Waals surface area contributed by atoms with Crippen LogP contribution in [0.25, 0.3) is 0 Å². The number of nitrogens with one attached hydrogen (secondary N) is 3. The molecule has 0 radical (unpaired) electrons. The van der Waals surface area contributed by atoms with Crippen molar-refractivity contribution in [1.82, 2.24) is 16.0 Å². The van der Waals surface area contributed by atoms with Crippen molar-refractivity contribution in [1.29, 1.82) is 0 Å². The van der Waals surface area contributed by atoms with Crippen molar-refractivity contribution in [3.05, 3.63) is 35.9 Å². The van der Waals surface area contributed by atoms with Gasteiger partial charge in [0, 0.05) is 19.3 Å². The van der Waals surface area contributed by atoms with Crippen molar-refractivity contribution in [2.75, 3.05) is 0 Å². The third-order valence-corrected chi connectivity index (χ3v) is 5.31. The maximum atomic E-state index is 12.9. The van der Waals surface area contributed by atoms with Crippen LogP contribution >= 0.6 is 0 Å². The normalized spacial score (nSPS) is 14.8. The number of carbonyl (C=O) groups is 6. The molecule has 10 N–H and O–H groups in total. The van der Waals surface area contributed by atoms with Gasteiger partial charge in [-0.1, -0.05) is 30.3 Å². The molecule has 1 aromatic carbocycles. The van der Waals surface area contributed by atoms with E-state index in [0.29, 0.717) is 5.56 Å². The molecule has 1 rings (SSSR count). The number of hydrogen-bond acceptors (Lipinski definition) is 8. The van der Waals surface area contributed by atoms with Crippen LogP contribution < -0.4 is 27.4 Å². The summed E-state index contributed by atoms with van der Waals surface area (Å²) in [6.45, 7) is 1.25. The van der Waals surface area contributed by atoms with E-state index in [1.165, 1.54) is 6.92 Å². The first-order valence-corrected chi connectivity index (χ1v) is 11.4. The van der Waals surface area contributed by atoms with Crippen LogP contribution in [0.4, 0.5) is 0 Å². The quantitative estimate of drug-likeness (QED) is 0.114. The molecule has 0 fully saturated rings. The minimum atomic E-state index is -1.49. The molecule has 0 aliphatic heterocycles. The van der Waals surface area contributed by atoms with Gasteiger partial charge in [0.2, 0.25) is 23.6 Å². The number of aliphatic hydroxyl groups is 1. The minimum Gasteiger partial charge on any atom is -0.481 e. The smallest absolute Gasteiger partial charge is 0.326 e. The van der Waals surface area contributed by atoms with Crippen molar-refractivity contribution < 1.29 is 44.1 Å². The van der Waals surface area contributed by atoms with E-state index in [1.54, 1.807) is 30.3 Å². The fraction of sp³-hybridized carbons (Fsp3) is 0.478. The molecule has 0 bridgehead atoms. The zero-order valence-corrected chi connectivity index (χ0v) is 20.3. The predicted octanol–water partition coefficient (Wildman–Crippen LogP) is -2.39. The van der Waals surface area contributed by atoms with Crippen LogP contribution in [-0.4, -0.2) is 81.2 Å². The lowest BCUT2D eigenvalue weighted by molar-refractivity contribution is -0.143. The molecule has 1 aromatic rings. The largest absolute Gasteiger partial charge is 0.481 e. The predicted molar refractivity (Wildman–Crippen MR) is 129 cm³/mol. The van der Waals surface area contributed by atoms with Crippen LogP contribution in [0.15, 0.2) is 30.3 Å². The molecule has 0 aromatic heterocycles. The first kappa shape index (κ1) is 31.0. The van der Waals surface area contributed by atoms with Gasteiger partial charge < -0.3 is 42.7 Å². The fourth-order valence-corrected chi connectivity index (χ4v) is 3.17. The first-order valence-electron chi connectivity index (χ1n) is 11.4. The lowest BCUT2D eigenvalue weighted by atomic mass is 10.0. The number of nitrogens with two attached hydrogens (primary N) is 2. The molecule has 4 amide bonds. The molecular formula is C23H33N5O9. The average Bonchev–Trinajstić information content (AvgIpc) is 2.83. The van der Waals surface area contributed by atoms with Crippen LogP contribution in [-0.2, 0) is 35.2 Å². The number of benzene rings is 1. The highest BCUT2D eigenvalue weighted by Gasteiger charge is 2.31. The number of carboxylic acids is 2. The van der Waals surface area contributed by atoms with Crippen LogP contribution in [0, 0.1) is 0 Å². The second kappa shape index (κ2) is 15.2. The van der Waals surface area contributed by atoms with E-state index in [2.05, 4.69) is 16.0 Å². The first-order chi connectivity index (χ1) is 17.3. The lowest BCUT2D eigenvalue weighted by Crippen LogP contribution is -2.58. The molecule has 0 heterocycles. The molecule has 37 heavy (non-hydrogen) atoms. The SMILES string of the molecule is CC(O)C(N)C(=O)NC(CCC(N)=O)C(=O)NC(CCC(=O)O)C(=O)NC(Cc1ccccc1)C(=O)O. The zero-order chi connectivity index (χ0) is 28.1. The maximum absolute atomic E-state index is 12.9. The molecule has 14 nitrogen and oxygen atoms in total. The molecule has 204 valence electrons. The van der Waals surface area contributed by atoms with Gasteiger partial charge in [-0.25, -0.2) is 4.79 Å². The molecule has 5 unspecified atom stereocenters. The number of carboxylic acid groups (broad SMARTS) is 2. The highest BCUT2D eigenvalue weighted by atomic mass is 16.4. The van der Waals surface area contributed by atoms with Crippen molar-refractivity contribution in [2.45, 2.75) is 69.3 Å². The van der Waals surface area contributed by atoms with Gasteiger partial charge in [0.05, 0.1) is 6.10 Å². The van der Waals surface area contributed by atoms with E-state index in [9.17, 15) is 39.0 Å². The van der Waals surface area contributed by atoms with E-state index in [0.717, 1.165) is 0 Å². The highest BCUT2D eigenvalue weighted by Crippen LogP contribution is 2.07. The number of aliphatic carboxylic acids is 2. The van der Waals surface area contributed by atoms with E-state index in [-0.39, 0.29) is 19.3 Å². The molecular weight excluding hydrogens is 490 g/mol. The van der Waals surface area contributed by atoms with Crippen LogP contribution in [0.1, 0.15) is 38.2 Å². The van der Waals surface area contributed by atoms with Gasteiger partial charge in [-0.2, -0.15) is 0 Å². The van der Waals surface area contributed by atoms with Gasteiger partial charge in [-0.3, -0.25) is 24.0 Å². The third kappa shape index (κ3) is 11.5. The summed E-state index contributed by atoms with van der Waals surface area (Å²) in [7, 11) is 0. The Morgan fingerprint density at radius 2 is 1.30 bits per heavy atom. The van der Waals surface area contributed by atoms with Gasteiger partial charge in [0.1, 0.15) is 24.2 Å². The summed E-state index contributed by atoms with van der Waals surface area (Å²) in [5.74, 6) is -6.24. The number of carbonyl (C=O) groups excluding carboxylic acids is 4. The Hall–Kier alpha value is -4.04. The second-order valence-electron chi connectivity index (χ2n) is 8.42. The average molecular weight is 524 g/mol. The summed E-state index contributed by atoms with van der Waals surface area (Å²) >= 11 is 0. The molecule has 0 aliphatic rings. The van der Waals surface area contributed by atoms with E-state index < -0.39 is 78.7 Å². The molecule has 0 aliphatic carbocycles. The van der Waals surface area contributed by atoms with Crippen molar-refractivity contribution in [3.63, 3.8) is 0 Å². The van der Waals surface area contributed by atoms with Crippen molar-refractivity contribution in [3.8, 4) is 0 Å². The summed E-state index contributed by atoms with van der Waals surface area (Å²) in [5, 5.41) is 35.0. The topological polar surface area (TPSA) is 251 Å². The highest BCUT2D eigenvalue weighted by molar-refractivity contribution is 5.94. The fourth-order valence-electron chi connectivity index (χ4n) is 3.17. The number of aliphatic hydroxyl groups excluding tert-OH is 1. The Labute approximate surface area is 212 Å². The Bertz CT molecular complexity index is 971. The lowest BCUT2D eigenvalue weighted by Gasteiger charge is -2.25. The summed E-state index contributed by atoms with van der Waals surface area (Å²) in [4.78, 5) is 72.1. The monoisotopic (exact) mass is 523 g/mol. The number of amides is 4. The third-order valence-electron chi connectivity index (χ3n) is 5.31. The molecule has 0 saturated carbocycles. The van der Waals surface area contributed by atoms with E-state index >= 15 is 0 Å². The molecule has 14 heteroatoms.